The van der Waals surface area contributed by atoms with Crippen molar-refractivity contribution in [3.63, 3.8) is 0 Å². The Labute approximate surface area is 151 Å². The van der Waals surface area contributed by atoms with Crippen molar-refractivity contribution in [3.8, 4) is 5.75 Å². The van der Waals surface area contributed by atoms with Crippen LogP contribution in [0.2, 0.25) is 0 Å². The molecule has 2 saturated heterocycles. The maximum absolute atomic E-state index is 12.2. The van der Waals surface area contributed by atoms with Crippen LogP contribution in [0.15, 0.2) is 12.1 Å². The van der Waals surface area contributed by atoms with Crippen LogP contribution >= 0.6 is 0 Å². The smallest absolute Gasteiger partial charge is 0.328 e. The van der Waals surface area contributed by atoms with E-state index in [-0.39, 0.29) is 24.3 Å². The van der Waals surface area contributed by atoms with Gasteiger partial charge in [-0.2, -0.15) is 0 Å². The van der Waals surface area contributed by atoms with Crippen molar-refractivity contribution >= 4 is 29.2 Å². The lowest BCUT2D eigenvalue weighted by molar-refractivity contribution is -0.129. The SMILES string of the molecule is CC(=O)N1CCN2c3cc(N4CCC(=O)NC4=O)cc(C)c3OC[C@H]2C1. The van der Waals surface area contributed by atoms with Crippen molar-refractivity contribution < 1.29 is 19.1 Å². The lowest BCUT2D eigenvalue weighted by Gasteiger charge is -2.46. The molecule has 0 bridgehead atoms. The Morgan fingerprint density at radius 1 is 1.23 bits per heavy atom. The molecule has 8 heteroatoms. The van der Waals surface area contributed by atoms with Gasteiger partial charge in [0.2, 0.25) is 11.8 Å². The Morgan fingerprint density at radius 3 is 2.77 bits per heavy atom. The molecular formula is C18H22N4O4. The summed E-state index contributed by atoms with van der Waals surface area (Å²) in [6.07, 6.45) is 0.290. The summed E-state index contributed by atoms with van der Waals surface area (Å²) < 4.78 is 5.99. The largest absolute Gasteiger partial charge is 0.489 e. The van der Waals surface area contributed by atoms with Crippen LogP contribution in [0.4, 0.5) is 16.2 Å². The van der Waals surface area contributed by atoms with Crippen LogP contribution in [0.5, 0.6) is 5.75 Å². The number of hydrogen-bond acceptors (Lipinski definition) is 5. The van der Waals surface area contributed by atoms with Gasteiger partial charge in [0, 0.05) is 45.2 Å². The molecule has 0 aliphatic carbocycles. The van der Waals surface area contributed by atoms with Gasteiger partial charge in [-0.3, -0.25) is 19.8 Å². The van der Waals surface area contributed by atoms with Gasteiger partial charge in [0.15, 0.2) is 0 Å². The van der Waals surface area contributed by atoms with Crippen molar-refractivity contribution in [3.05, 3.63) is 17.7 Å². The molecule has 0 unspecified atom stereocenters. The number of benzene rings is 1. The molecule has 1 aromatic rings. The number of nitrogens with zero attached hydrogens (tertiary/aromatic N) is 3. The van der Waals surface area contributed by atoms with E-state index in [9.17, 15) is 14.4 Å². The molecule has 3 aliphatic rings. The van der Waals surface area contributed by atoms with Crippen molar-refractivity contribution in [1.82, 2.24) is 10.2 Å². The minimum Gasteiger partial charge on any atom is -0.489 e. The number of fused-ring (bicyclic) bond motifs is 3. The monoisotopic (exact) mass is 358 g/mol. The first kappa shape index (κ1) is 16.7. The van der Waals surface area contributed by atoms with Gasteiger partial charge in [0.25, 0.3) is 0 Å². The van der Waals surface area contributed by atoms with E-state index in [4.69, 9.17) is 4.74 Å². The second kappa shape index (κ2) is 6.19. The van der Waals surface area contributed by atoms with E-state index in [1.165, 1.54) is 0 Å². The van der Waals surface area contributed by atoms with Gasteiger partial charge < -0.3 is 14.5 Å². The molecule has 4 rings (SSSR count). The van der Waals surface area contributed by atoms with Crippen LogP contribution in [0.25, 0.3) is 0 Å². The molecular weight excluding hydrogens is 336 g/mol. The topological polar surface area (TPSA) is 82.2 Å². The molecule has 2 fully saturated rings. The Balaban J connectivity index is 1.66. The predicted octanol–water partition coefficient (Wildman–Crippen LogP) is 0.871. The highest BCUT2D eigenvalue weighted by Gasteiger charge is 2.35. The summed E-state index contributed by atoms with van der Waals surface area (Å²) in [5, 5.41) is 2.36. The number of imide groups is 1. The van der Waals surface area contributed by atoms with E-state index >= 15 is 0 Å². The molecule has 1 aromatic carbocycles. The number of rotatable bonds is 1. The highest BCUT2D eigenvalue weighted by Crippen LogP contribution is 2.41. The zero-order valence-electron chi connectivity index (χ0n) is 14.9. The van der Waals surface area contributed by atoms with Crippen LogP contribution in [-0.4, -0.2) is 61.6 Å². The average molecular weight is 358 g/mol. The number of aryl methyl sites for hydroxylation is 1. The van der Waals surface area contributed by atoms with Gasteiger partial charge in [-0.1, -0.05) is 0 Å². The lowest BCUT2D eigenvalue weighted by Crippen LogP contribution is -2.58. The fourth-order valence-corrected chi connectivity index (χ4v) is 3.88. The normalized spacial score (nSPS) is 22.4. The molecule has 4 amide bonds. The first-order valence-electron chi connectivity index (χ1n) is 8.85. The van der Waals surface area contributed by atoms with Gasteiger partial charge in [-0.05, 0) is 24.6 Å². The Hall–Kier alpha value is -2.77. The second-order valence-electron chi connectivity index (χ2n) is 6.99. The van der Waals surface area contributed by atoms with Gasteiger partial charge in [-0.15, -0.1) is 0 Å². The first-order chi connectivity index (χ1) is 12.4. The fourth-order valence-electron chi connectivity index (χ4n) is 3.88. The summed E-state index contributed by atoms with van der Waals surface area (Å²) in [5.41, 5.74) is 2.66. The minimum atomic E-state index is -0.393. The maximum atomic E-state index is 12.2. The van der Waals surface area contributed by atoms with E-state index in [1.54, 1.807) is 11.8 Å². The summed E-state index contributed by atoms with van der Waals surface area (Å²) >= 11 is 0. The number of ether oxygens (including phenoxy) is 1. The number of urea groups is 1. The van der Waals surface area contributed by atoms with Crippen LogP contribution in [-0.2, 0) is 9.59 Å². The molecule has 1 atom stereocenters. The lowest BCUT2D eigenvalue weighted by atomic mass is 10.0. The molecule has 0 spiro atoms. The molecule has 1 N–H and O–H groups in total. The molecule has 26 heavy (non-hydrogen) atoms. The Morgan fingerprint density at radius 2 is 2.04 bits per heavy atom. The van der Waals surface area contributed by atoms with E-state index in [2.05, 4.69) is 10.2 Å². The second-order valence-corrected chi connectivity index (χ2v) is 6.99. The molecule has 8 nitrogen and oxygen atoms in total. The number of piperazine rings is 1. The third-order valence-corrected chi connectivity index (χ3v) is 5.26. The standard InChI is InChI=1S/C18H22N4O4/c1-11-7-13(22-4-3-16(24)19-18(22)25)8-15-17(11)26-10-14-9-20(12(2)23)5-6-21(14)15/h7-8,14H,3-6,9-10H2,1-2H3,(H,19,24,25)/t14-/m1/s1. The fraction of sp³-hybridized carbons (Fsp3) is 0.500. The molecule has 138 valence electrons. The molecule has 3 aliphatic heterocycles. The summed E-state index contributed by atoms with van der Waals surface area (Å²) in [7, 11) is 0. The number of anilines is 2. The number of carbonyl (C=O) groups is 3. The van der Waals surface area contributed by atoms with Crippen molar-refractivity contribution in [2.45, 2.75) is 26.3 Å². The maximum Gasteiger partial charge on any atom is 0.328 e. The number of amides is 4. The Bertz CT molecular complexity index is 794. The van der Waals surface area contributed by atoms with E-state index in [0.29, 0.717) is 26.2 Å². The van der Waals surface area contributed by atoms with Gasteiger partial charge in [0.05, 0.1) is 11.7 Å². The highest BCUT2D eigenvalue weighted by atomic mass is 16.5. The average Bonchev–Trinajstić information content (AvgIpc) is 2.60. The van der Waals surface area contributed by atoms with Gasteiger partial charge in [0.1, 0.15) is 12.4 Å². The van der Waals surface area contributed by atoms with E-state index in [1.807, 2.05) is 24.0 Å². The molecule has 0 radical (unpaired) electrons. The number of hydrogen-bond donors (Lipinski definition) is 1. The summed E-state index contributed by atoms with van der Waals surface area (Å²) in [6.45, 7) is 6.49. The van der Waals surface area contributed by atoms with Crippen molar-refractivity contribution in [2.24, 2.45) is 0 Å². The predicted molar refractivity (Wildman–Crippen MR) is 95.6 cm³/mol. The highest BCUT2D eigenvalue weighted by molar-refractivity contribution is 6.06. The third-order valence-electron chi connectivity index (χ3n) is 5.26. The van der Waals surface area contributed by atoms with Gasteiger partial charge >= 0.3 is 6.03 Å². The number of nitrogens with one attached hydrogen (secondary N) is 1. The Kier molecular flexibility index (Phi) is 3.97. The zero-order valence-corrected chi connectivity index (χ0v) is 14.9. The van der Waals surface area contributed by atoms with Crippen molar-refractivity contribution in [2.75, 3.05) is 42.6 Å². The molecule has 0 saturated carbocycles. The minimum absolute atomic E-state index is 0.0787. The first-order valence-corrected chi connectivity index (χ1v) is 8.85. The van der Waals surface area contributed by atoms with Gasteiger partial charge in [-0.25, -0.2) is 4.79 Å². The quantitative estimate of drug-likeness (QED) is 0.806. The van der Waals surface area contributed by atoms with E-state index in [0.717, 1.165) is 29.2 Å². The summed E-state index contributed by atoms with van der Waals surface area (Å²) in [5.74, 6) is 0.662. The van der Waals surface area contributed by atoms with E-state index < -0.39 is 6.03 Å². The zero-order chi connectivity index (χ0) is 18.4. The van der Waals surface area contributed by atoms with Crippen LogP contribution in [0, 0.1) is 6.92 Å². The summed E-state index contributed by atoms with van der Waals surface area (Å²) in [6, 6.07) is 3.58. The van der Waals surface area contributed by atoms with Crippen LogP contribution in [0.1, 0.15) is 18.9 Å². The van der Waals surface area contributed by atoms with Crippen LogP contribution < -0.4 is 19.9 Å². The molecule has 0 aromatic heterocycles. The van der Waals surface area contributed by atoms with Crippen LogP contribution in [0.3, 0.4) is 0 Å². The van der Waals surface area contributed by atoms with Crippen molar-refractivity contribution in [1.29, 1.82) is 0 Å². The third kappa shape index (κ3) is 2.75. The summed E-state index contributed by atoms with van der Waals surface area (Å²) in [4.78, 5) is 41.0. The molecule has 3 heterocycles. The number of carbonyl (C=O) groups excluding carboxylic acids is 3.